The van der Waals surface area contributed by atoms with Gasteiger partial charge in [-0.3, -0.25) is 4.79 Å². The highest BCUT2D eigenvalue weighted by Gasteiger charge is 2.15. The zero-order valence-electron chi connectivity index (χ0n) is 12.9. The Balaban J connectivity index is 4.18. The molecule has 2 atom stereocenters. The molecule has 0 aliphatic carbocycles. The van der Waals surface area contributed by atoms with Crippen molar-refractivity contribution in [1.82, 2.24) is 0 Å². The van der Waals surface area contributed by atoms with Crippen molar-refractivity contribution in [3.05, 3.63) is 12.2 Å². The van der Waals surface area contributed by atoms with Gasteiger partial charge in [0.25, 0.3) is 0 Å². The van der Waals surface area contributed by atoms with Crippen LogP contribution in [0.3, 0.4) is 0 Å². The van der Waals surface area contributed by atoms with E-state index in [0.29, 0.717) is 11.8 Å². The fourth-order valence-electron chi connectivity index (χ4n) is 1.98. The summed E-state index contributed by atoms with van der Waals surface area (Å²) in [4.78, 5) is 11.8. The van der Waals surface area contributed by atoms with Gasteiger partial charge in [-0.15, -0.1) is 0 Å². The average molecular weight is 254 g/mol. The third-order valence-electron chi connectivity index (χ3n) is 3.14. The van der Waals surface area contributed by atoms with Gasteiger partial charge in [-0.25, -0.2) is 0 Å². The van der Waals surface area contributed by atoms with E-state index in [-0.39, 0.29) is 18.0 Å². The van der Waals surface area contributed by atoms with Crippen LogP contribution in [0.25, 0.3) is 0 Å². The minimum atomic E-state index is -0.139. The summed E-state index contributed by atoms with van der Waals surface area (Å²) in [5, 5.41) is 0. The van der Waals surface area contributed by atoms with Gasteiger partial charge in [0.1, 0.15) is 6.10 Å². The van der Waals surface area contributed by atoms with Gasteiger partial charge in [0.15, 0.2) is 0 Å². The molecule has 0 aromatic rings. The van der Waals surface area contributed by atoms with Crippen LogP contribution in [-0.4, -0.2) is 12.1 Å². The Morgan fingerprint density at radius 2 is 1.61 bits per heavy atom. The van der Waals surface area contributed by atoms with Crippen molar-refractivity contribution in [2.45, 2.75) is 66.9 Å². The van der Waals surface area contributed by atoms with Gasteiger partial charge in [-0.1, -0.05) is 46.8 Å². The van der Waals surface area contributed by atoms with E-state index >= 15 is 0 Å². The molecule has 0 rings (SSSR count). The van der Waals surface area contributed by atoms with Gasteiger partial charge in [0.05, 0.1) is 5.92 Å². The van der Waals surface area contributed by atoms with E-state index in [9.17, 15) is 4.79 Å². The molecule has 0 aromatic heterocycles. The van der Waals surface area contributed by atoms with Crippen LogP contribution >= 0.6 is 0 Å². The molecule has 0 saturated carbocycles. The molecule has 0 heterocycles. The van der Waals surface area contributed by atoms with Gasteiger partial charge in [-0.05, 0) is 38.0 Å². The maximum absolute atomic E-state index is 11.8. The maximum Gasteiger partial charge on any atom is 0.312 e. The lowest BCUT2D eigenvalue weighted by Crippen LogP contribution is -2.21. The highest BCUT2D eigenvalue weighted by Crippen LogP contribution is 2.14. The Morgan fingerprint density at radius 3 is 2.06 bits per heavy atom. The van der Waals surface area contributed by atoms with Gasteiger partial charge in [0.2, 0.25) is 0 Å². The number of esters is 1. The molecule has 0 aliphatic heterocycles. The summed E-state index contributed by atoms with van der Waals surface area (Å²) >= 11 is 0. The largest absolute Gasteiger partial charge is 0.462 e. The second-order valence-corrected chi connectivity index (χ2v) is 5.66. The maximum atomic E-state index is 11.8. The molecule has 2 heteroatoms. The minimum Gasteiger partial charge on any atom is -0.462 e. The second kappa shape index (κ2) is 9.18. The molecule has 0 aliphatic rings. The molecule has 2 unspecified atom stereocenters. The number of hydrogen-bond acceptors (Lipinski definition) is 2. The fourth-order valence-corrected chi connectivity index (χ4v) is 1.98. The average Bonchev–Trinajstić information content (AvgIpc) is 2.31. The molecular formula is C16H30O2. The molecule has 0 spiro atoms. The van der Waals surface area contributed by atoms with Crippen LogP contribution in [0, 0.1) is 17.8 Å². The standard InChI is InChI=1S/C16H30O2/c1-7-15(8-2)18-16(17)14(6)10-9-13(5)11-12(3)4/h9-10,12-15H,7-8,11H2,1-6H3/b10-9+. The minimum absolute atomic E-state index is 0.0708. The summed E-state index contributed by atoms with van der Waals surface area (Å²) in [5.41, 5.74) is 0. The van der Waals surface area contributed by atoms with E-state index < -0.39 is 0 Å². The predicted molar refractivity (Wildman–Crippen MR) is 77.4 cm³/mol. The van der Waals surface area contributed by atoms with Crippen molar-refractivity contribution in [2.24, 2.45) is 17.8 Å². The second-order valence-electron chi connectivity index (χ2n) is 5.66. The first kappa shape index (κ1) is 17.2. The summed E-state index contributed by atoms with van der Waals surface area (Å²) in [7, 11) is 0. The number of hydrogen-bond donors (Lipinski definition) is 0. The normalized spacial score (nSPS) is 15.3. The van der Waals surface area contributed by atoms with Crippen molar-refractivity contribution >= 4 is 5.97 Å². The Labute approximate surface area is 113 Å². The van der Waals surface area contributed by atoms with Crippen molar-refractivity contribution < 1.29 is 9.53 Å². The summed E-state index contributed by atoms with van der Waals surface area (Å²) in [5.74, 6) is 0.974. The molecular weight excluding hydrogens is 224 g/mol. The quantitative estimate of drug-likeness (QED) is 0.467. The van der Waals surface area contributed by atoms with E-state index in [1.807, 2.05) is 26.8 Å². The summed E-state index contributed by atoms with van der Waals surface area (Å²) < 4.78 is 5.43. The molecule has 0 aromatic carbocycles. The van der Waals surface area contributed by atoms with E-state index in [0.717, 1.165) is 19.3 Å². The van der Waals surface area contributed by atoms with Crippen LogP contribution in [0.4, 0.5) is 0 Å². The van der Waals surface area contributed by atoms with Crippen LogP contribution in [0.5, 0.6) is 0 Å². The monoisotopic (exact) mass is 254 g/mol. The van der Waals surface area contributed by atoms with Gasteiger partial charge >= 0.3 is 5.97 Å². The number of allylic oxidation sites excluding steroid dienone is 1. The third kappa shape index (κ3) is 7.52. The first-order valence-electron chi connectivity index (χ1n) is 7.29. The highest BCUT2D eigenvalue weighted by molar-refractivity contribution is 5.74. The van der Waals surface area contributed by atoms with Crippen LogP contribution < -0.4 is 0 Å². The Bertz CT molecular complexity index is 252. The van der Waals surface area contributed by atoms with Crippen molar-refractivity contribution in [2.75, 3.05) is 0 Å². The van der Waals surface area contributed by atoms with Crippen molar-refractivity contribution in [1.29, 1.82) is 0 Å². The molecule has 0 fully saturated rings. The van der Waals surface area contributed by atoms with Crippen LogP contribution in [0.2, 0.25) is 0 Å². The molecule has 0 bridgehead atoms. The molecule has 106 valence electrons. The molecule has 0 saturated heterocycles. The number of ether oxygens (including phenoxy) is 1. The van der Waals surface area contributed by atoms with E-state index in [1.165, 1.54) is 0 Å². The topological polar surface area (TPSA) is 26.3 Å². The third-order valence-corrected chi connectivity index (χ3v) is 3.14. The Morgan fingerprint density at radius 1 is 1.06 bits per heavy atom. The van der Waals surface area contributed by atoms with Crippen molar-refractivity contribution in [3.8, 4) is 0 Å². The smallest absolute Gasteiger partial charge is 0.312 e. The predicted octanol–water partition coefficient (Wildman–Crippen LogP) is 4.59. The lowest BCUT2D eigenvalue weighted by Gasteiger charge is -2.16. The van der Waals surface area contributed by atoms with E-state index in [1.54, 1.807) is 0 Å². The fraction of sp³-hybridized carbons (Fsp3) is 0.812. The summed E-state index contributed by atoms with van der Waals surface area (Å²) in [6.45, 7) is 12.6. The lowest BCUT2D eigenvalue weighted by molar-refractivity contribution is -0.152. The molecule has 0 radical (unpaired) electrons. The number of carbonyl (C=O) groups is 1. The Kier molecular flexibility index (Phi) is 8.78. The van der Waals surface area contributed by atoms with E-state index in [4.69, 9.17) is 4.74 Å². The van der Waals surface area contributed by atoms with Crippen LogP contribution in [0.15, 0.2) is 12.2 Å². The van der Waals surface area contributed by atoms with Gasteiger partial charge in [0, 0.05) is 0 Å². The molecule has 0 amide bonds. The zero-order chi connectivity index (χ0) is 14.1. The SMILES string of the molecule is CCC(CC)OC(=O)C(C)/C=C/C(C)CC(C)C. The van der Waals surface area contributed by atoms with Crippen LogP contribution in [0.1, 0.15) is 60.8 Å². The molecule has 0 N–H and O–H groups in total. The zero-order valence-corrected chi connectivity index (χ0v) is 12.9. The molecule has 18 heavy (non-hydrogen) atoms. The lowest BCUT2D eigenvalue weighted by atomic mass is 9.97. The highest BCUT2D eigenvalue weighted by atomic mass is 16.5. The first-order valence-corrected chi connectivity index (χ1v) is 7.29. The number of rotatable bonds is 8. The molecule has 2 nitrogen and oxygen atoms in total. The number of carbonyl (C=O) groups excluding carboxylic acids is 1. The first-order chi connectivity index (χ1) is 8.40. The van der Waals surface area contributed by atoms with Crippen molar-refractivity contribution in [3.63, 3.8) is 0 Å². The van der Waals surface area contributed by atoms with Gasteiger partial charge in [-0.2, -0.15) is 0 Å². The van der Waals surface area contributed by atoms with Gasteiger partial charge < -0.3 is 4.74 Å². The van der Waals surface area contributed by atoms with Crippen LogP contribution in [-0.2, 0) is 9.53 Å². The summed E-state index contributed by atoms with van der Waals surface area (Å²) in [6.07, 6.45) is 7.13. The summed E-state index contributed by atoms with van der Waals surface area (Å²) in [6, 6.07) is 0. The van der Waals surface area contributed by atoms with E-state index in [2.05, 4.69) is 26.8 Å². The Hall–Kier alpha value is -0.790.